The van der Waals surface area contributed by atoms with E-state index in [1.54, 1.807) is 0 Å². The van der Waals surface area contributed by atoms with E-state index in [0.717, 1.165) is 122 Å². The highest BCUT2D eigenvalue weighted by molar-refractivity contribution is 6.16. The molecule has 0 bridgehead atoms. The van der Waals surface area contributed by atoms with Gasteiger partial charge in [0.1, 0.15) is 0 Å². The lowest BCUT2D eigenvalue weighted by Crippen LogP contribution is -2.69. The monoisotopic (exact) mass is 883 g/mol. The quantitative estimate of drug-likeness (QED) is 0.0319. The molecule has 1 unspecified atom stereocenters. The minimum Gasteiger partial charge on any atom is -0.393 e. The predicted octanol–water partition coefficient (Wildman–Crippen LogP) is 16.0. The van der Waals surface area contributed by atoms with Crippen LogP contribution in [0.2, 0.25) is 0 Å². The van der Waals surface area contributed by atoms with Gasteiger partial charge in [-0.05, 0) is 103 Å². The van der Waals surface area contributed by atoms with Crippen LogP contribution in [0, 0.1) is 0 Å². The number of ketones is 3. The van der Waals surface area contributed by atoms with Crippen molar-refractivity contribution in [1.29, 1.82) is 0 Å². The van der Waals surface area contributed by atoms with Crippen molar-refractivity contribution in [2.45, 2.75) is 289 Å². The molecular formula is C57H102O6. The van der Waals surface area contributed by atoms with Crippen molar-refractivity contribution >= 4 is 17.3 Å². The summed E-state index contributed by atoms with van der Waals surface area (Å²) in [5.74, 6) is -2.51. The minimum absolute atomic E-state index is 0.106. The first-order chi connectivity index (χ1) is 30.8. The summed E-state index contributed by atoms with van der Waals surface area (Å²) in [6.45, 7) is 5.54. The van der Waals surface area contributed by atoms with Gasteiger partial charge >= 0.3 is 0 Å². The summed E-state index contributed by atoms with van der Waals surface area (Å²) in [7, 11) is 0. The Kier molecular flexibility index (Phi) is 43.5. The maximum Gasteiger partial charge on any atom is 0.219 e. The molecule has 0 amide bonds. The van der Waals surface area contributed by atoms with E-state index in [2.05, 4.69) is 69.4 Å². The second kappa shape index (κ2) is 45.0. The Labute approximate surface area is 389 Å². The average Bonchev–Trinajstić information content (AvgIpc) is 3.29. The fourth-order valence-corrected chi connectivity index (χ4v) is 8.40. The summed E-state index contributed by atoms with van der Waals surface area (Å²) in [5.41, 5.74) is -5.79. The number of carbonyl (C=O) groups is 3. The van der Waals surface area contributed by atoms with Gasteiger partial charge in [-0.25, -0.2) is 0 Å². The standard InChI is InChI=1S/C57H102O6/c1-4-7-10-13-16-19-22-25-28-31-34-37-40-43-46-49-53(59)56(62,52-58)57(63,54(60)50-47-44-41-38-35-32-29-26-23-20-17-14-11-8-5-2)55(61)51-48-45-42-39-36-33-30-27-24-21-18-15-12-9-6-3/h16,19,25-30,58,62-63H,4-15,17-18,20-24,31-52H2,1-3H3. The van der Waals surface area contributed by atoms with Crippen molar-refractivity contribution in [3.63, 3.8) is 0 Å². The molecule has 0 aliphatic carbocycles. The van der Waals surface area contributed by atoms with Crippen LogP contribution < -0.4 is 0 Å². The van der Waals surface area contributed by atoms with Gasteiger partial charge in [-0.2, -0.15) is 0 Å². The molecule has 0 aliphatic rings. The number of unbranched alkanes of at least 4 members (excludes halogenated alkanes) is 30. The highest BCUT2D eigenvalue weighted by Gasteiger charge is 2.62. The van der Waals surface area contributed by atoms with Gasteiger partial charge in [-0.15, -0.1) is 0 Å². The molecule has 6 heteroatoms. The lowest BCUT2D eigenvalue weighted by Gasteiger charge is -2.39. The summed E-state index contributed by atoms with van der Waals surface area (Å²) in [4.78, 5) is 41.2. The summed E-state index contributed by atoms with van der Waals surface area (Å²) in [6.07, 6.45) is 57.4. The molecule has 3 N–H and O–H groups in total. The molecule has 0 aromatic heterocycles. The van der Waals surface area contributed by atoms with Gasteiger partial charge in [0.15, 0.2) is 23.0 Å². The van der Waals surface area contributed by atoms with E-state index >= 15 is 0 Å². The van der Waals surface area contributed by atoms with Gasteiger partial charge in [0.25, 0.3) is 0 Å². The van der Waals surface area contributed by atoms with E-state index in [9.17, 15) is 29.7 Å². The number of hydrogen-bond donors (Lipinski definition) is 3. The van der Waals surface area contributed by atoms with Gasteiger partial charge < -0.3 is 15.3 Å². The van der Waals surface area contributed by atoms with Gasteiger partial charge in [0.2, 0.25) is 5.60 Å². The molecule has 0 aromatic carbocycles. The molecule has 0 spiro atoms. The van der Waals surface area contributed by atoms with Crippen LogP contribution in [-0.2, 0) is 14.4 Å². The van der Waals surface area contributed by atoms with Gasteiger partial charge in [0, 0.05) is 19.3 Å². The molecule has 0 aliphatic heterocycles. The topological polar surface area (TPSA) is 112 Å². The molecular weight excluding hydrogens is 781 g/mol. The smallest absolute Gasteiger partial charge is 0.219 e. The zero-order valence-corrected chi connectivity index (χ0v) is 41.7. The summed E-state index contributed by atoms with van der Waals surface area (Å²) in [6, 6.07) is 0. The third-order valence-corrected chi connectivity index (χ3v) is 12.8. The molecule has 0 fully saturated rings. The van der Waals surface area contributed by atoms with Gasteiger partial charge in [-0.1, -0.05) is 204 Å². The van der Waals surface area contributed by atoms with Crippen molar-refractivity contribution in [2.75, 3.05) is 6.61 Å². The summed E-state index contributed by atoms with van der Waals surface area (Å²) in [5, 5.41) is 34.1. The number of aliphatic hydroxyl groups is 3. The van der Waals surface area contributed by atoms with E-state index in [4.69, 9.17) is 0 Å². The Balaban J connectivity index is 5.01. The molecule has 0 rings (SSSR count). The highest BCUT2D eigenvalue weighted by atomic mass is 16.4. The Morgan fingerprint density at radius 1 is 0.333 bits per heavy atom. The molecule has 0 saturated heterocycles. The largest absolute Gasteiger partial charge is 0.393 e. The molecule has 0 heterocycles. The van der Waals surface area contributed by atoms with E-state index in [1.165, 1.54) is 96.3 Å². The van der Waals surface area contributed by atoms with Crippen molar-refractivity contribution in [3.8, 4) is 0 Å². The fourth-order valence-electron chi connectivity index (χ4n) is 8.40. The lowest BCUT2D eigenvalue weighted by atomic mass is 9.71. The zero-order valence-electron chi connectivity index (χ0n) is 41.7. The molecule has 63 heavy (non-hydrogen) atoms. The van der Waals surface area contributed by atoms with E-state index in [0.29, 0.717) is 19.3 Å². The van der Waals surface area contributed by atoms with Crippen molar-refractivity contribution < 1.29 is 29.7 Å². The van der Waals surface area contributed by atoms with E-state index in [-0.39, 0.29) is 19.3 Å². The van der Waals surface area contributed by atoms with Crippen molar-refractivity contribution in [2.24, 2.45) is 0 Å². The summed E-state index contributed by atoms with van der Waals surface area (Å²) < 4.78 is 0. The van der Waals surface area contributed by atoms with Crippen LogP contribution in [0.4, 0.5) is 0 Å². The number of hydrogen-bond acceptors (Lipinski definition) is 6. The molecule has 0 aromatic rings. The third kappa shape index (κ3) is 32.2. The van der Waals surface area contributed by atoms with Gasteiger partial charge in [-0.3, -0.25) is 14.4 Å². The van der Waals surface area contributed by atoms with E-state index in [1.807, 2.05) is 0 Å². The maximum absolute atomic E-state index is 13.8. The van der Waals surface area contributed by atoms with Crippen LogP contribution >= 0.6 is 0 Å². The SMILES string of the molecule is CCCCCC=CCC=CCCCCCCCC(=O)C(O)(CO)C(O)(C(=O)CCCCCCCC=CCCCCCCCC)C(=O)CCCCCCCC=CCCCCCCCC. The minimum atomic E-state index is -2.95. The average molecular weight is 883 g/mol. The summed E-state index contributed by atoms with van der Waals surface area (Å²) >= 11 is 0. The Bertz CT molecular complexity index is 1130. The Morgan fingerprint density at radius 3 is 0.889 bits per heavy atom. The lowest BCUT2D eigenvalue weighted by molar-refractivity contribution is -0.194. The van der Waals surface area contributed by atoms with Crippen LogP contribution in [-0.4, -0.2) is 50.5 Å². The number of allylic oxidation sites excluding steroid dienone is 8. The first kappa shape index (κ1) is 60.9. The fraction of sp³-hybridized carbons (Fsp3) is 0.807. The second-order valence-electron chi connectivity index (χ2n) is 18.6. The van der Waals surface area contributed by atoms with Crippen LogP contribution in [0.5, 0.6) is 0 Å². The maximum atomic E-state index is 13.8. The molecule has 0 radical (unpaired) electrons. The third-order valence-electron chi connectivity index (χ3n) is 12.8. The Hall–Kier alpha value is -2.15. The molecule has 6 nitrogen and oxygen atoms in total. The van der Waals surface area contributed by atoms with E-state index < -0.39 is 35.2 Å². The second-order valence-corrected chi connectivity index (χ2v) is 18.6. The molecule has 0 saturated carbocycles. The first-order valence-electron chi connectivity index (χ1n) is 27.0. The van der Waals surface area contributed by atoms with Crippen LogP contribution in [0.1, 0.15) is 278 Å². The van der Waals surface area contributed by atoms with Crippen LogP contribution in [0.3, 0.4) is 0 Å². The highest BCUT2D eigenvalue weighted by Crippen LogP contribution is 2.32. The zero-order chi connectivity index (χ0) is 46.4. The van der Waals surface area contributed by atoms with Crippen LogP contribution in [0.25, 0.3) is 0 Å². The molecule has 1 atom stereocenters. The number of carbonyl (C=O) groups excluding carboxylic acids is 3. The van der Waals surface area contributed by atoms with Gasteiger partial charge in [0.05, 0.1) is 6.61 Å². The van der Waals surface area contributed by atoms with Crippen molar-refractivity contribution in [1.82, 2.24) is 0 Å². The number of Topliss-reactive ketones (excluding diaryl/α,β-unsaturated/α-hetero) is 3. The molecule has 366 valence electrons. The normalized spacial score (nSPS) is 14.1. The van der Waals surface area contributed by atoms with Crippen molar-refractivity contribution in [3.05, 3.63) is 48.6 Å². The Morgan fingerprint density at radius 2 is 0.571 bits per heavy atom. The first-order valence-corrected chi connectivity index (χ1v) is 27.0. The predicted molar refractivity (Wildman–Crippen MR) is 270 cm³/mol. The number of rotatable bonds is 49. The number of aliphatic hydroxyl groups excluding tert-OH is 1. The van der Waals surface area contributed by atoms with Crippen LogP contribution in [0.15, 0.2) is 48.6 Å².